The summed E-state index contributed by atoms with van der Waals surface area (Å²) < 4.78 is 133. The number of aryl methyl sites for hydroxylation is 2. The monoisotopic (exact) mass is 669 g/mol. The third-order valence-electron chi connectivity index (χ3n) is 6.65. The third-order valence-corrected chi connectivity index (χ3v) is 7.76. The van der Waals surface area contributed by atoms with Crippen molar-refractivity contribution in [1.29, 1.82) is 0 Å². The SMILES string of the molecule is Cc1nc(-c2cc(-c3cccc(S(C)(=O)=O)c3)ccc2-n2cc(C(F)(F)F)nc2C)c(-c2ccc(OC(F)F)c(OC(F)F)c2)o1. The first-order valence-corrected chi connectivity index (χ1v) is 15.0. The number of ether oxygens (including phenoxy) is 2. The van der Waals surface area contributed by atoms with Gasteiger partial charge in [0.25, 0.3) is 0 Å². The van der Waals surface area contributed by atoms with Crippen molar-refractivity contribution in [3.05, 3.63) is 84.3 Å². The van der Waals surface area contributed by atoms with Crippen LogP contribution in [0.1, 0.15) is 17.4 Å². The summed E-state index contributed by atoms with van der Waals surface area (Å²) in [5.41, 5.74) is 0.0969. The first kappa shape index (κ1) is 32.5. The zero-order valence-electron chi connectivity index (χ0n) is 23.9. The van der Waals surface area contributed by atoms with Crippen LogP contribution in [0.2, 0.25) is 0 Å². The van der Waals surface area contributed by atoms with Crippen LogP contribution in [-0.4, -0.2) is 42.4 Å². The van der Waals surface area contributed by atoms with Gasteiger partial charge in [0.2, 0.25) is 0 Å². The minimum Gasteiger partial charge on any atom is -0.440 e. The van der Waals surface area contributed by atoms with Crippen molar-refractivity contribution in [3.8, 4) is 50.9 Å². The van der Waals surface area contributed by atoms with Crippen molar-refractivity contribution in [3.63, 3.8) is 0 Å². The van der Waals surface area contributed by atoms with Gasteiger partial charge >= 0.3 is 19.4 Å². The number of oxazole rings is 1. The predicted octanol–water partition coefficient (Wildman–Crippen LogP) is 8.10. The van der Waals surface area contributed by atoms with Crippen molar-refractivity contribution in [1.82, 2.24) is 14.5 Å². The highest BCUT2D eigenvalue weighted by atomic mass is 32.2. The van der Waals surface area contributed by atoms with E-state index in [1.165, 1.54) is 54.8 Å². The number of nitrogens with zero attached hydrogens (tertiary/aromatic N) is 3. The average molecular weight is 670 g/mol. The molecule has 0 aliphatic heterocycles. The Bertz CT molecular complexity index is 2020. The van der Waals surface area contributed by atoms with E-state index in [1.807, 2.05) is 0 Å². The first-order chi connectivity index (χ1) is 21.5. The van der Waals surface area contributed by atoms with Crippen molar-refractivity contribution in [2.45, 2.75) is 38.1 Å². The van der Waals surface area contributed by atoms with Crippen LogP contribution in [0.15, 0.2) is 76.2 Å². The molecule has 5 rings (SSSR count). The highest BCUT2D eigenvalue weighted by Gasteiger charge is 2.35. The van der Waals surface area contributed by atoms with Gasteiger partial charge in [-0.15, -0.1) is 0 Å². The number of rotatable bonds is 9. The van der Waals surface area contributed by atoms with Crippen LogP contribution in [0.25, 0.3) is 39.4 Å². The normalized spacial score (nSPS) is 12.3. The average Bonchev–Trinajstić information content (AvgIpc) is 3.55. The Morgan fingerprint density at radius 2 is 1.48 bits per heavy atom. The highest BCUT2D eigenvalue weighted by molar-refractivity contribution is 7.90. The maximum absolute atomic E-state index is 13.6. The predicted molar refractivity (Wildman–Crippen MR) is 151 cm³/mol. The van der Waals surface area contributed by atoms with Crippen molar-refractivity contribution in [2.24, 2.45) is 0 Å². The molecule has 242 valence electrons. The second-order valence-electron chi connectivity index (χ2n) is 9.90. The fourth-order valence-corrected chi connectivity index (χ4v) is 5.38. The van der Waals surface area contributed by atoms with Gasteiger partial charge in [0, 0.05) is 30.5 Å². The Hall–Kier alpha value is -4.86. The maximum Gasteiger partial charge on any atom is 0.434 e. The molecule has 3 aromatic carbocycles. The molecule has 5 aromatic rings. The number of sulfone groups is 1. The van der Waals surface area contributed by atoms with Crippen LogP contribution in [0.4, 0.5) is 30.7 Å². The number of benzene rings is 3. The Morgan fingerprint density at radius 1 is 0.826 bits per heavy atom. The molecule has 0 N–H and O–H groups in total. The molecule has 16 heteroatoms. The number of halogens is 7. The molecule has 0 radical (unpaired) electrons. The first-order valence-electron chi connectivity index (χ1n) is 13.1. The molecule has 2 heterocycles. The molecule has 0 atom stereocenters. The lowest BCUT2D eigenvalue weighted by Gasteiger charge is -2.15. The Kier molecular flexibility index (Phi) is 8.59. The molecule has 0 unspecified atom stereocenters. The van der Waals surface area contributed by atoms with E-state index in [9.17, 15) is 39.2 Å². The number of imidazole rings is 1. The smallest absolute Gasteiger partial charge is 0.434 e. The molecule has 0 saturated heterocycles. The van der Waals surface area contributed by atoms with Gasteiger partial charge in [0.15, 0.2) is 38.7 Å². The van der Waals surface area contributed by atoms with Gasteiger partial charge in [0.05, 0.1) is 10.6 Å². The second kappa shape index (κ2) is 12.2. The Labute approximate surface area is 257 Å². The standard InChI is InChI=1S/C30H22F7N3O5S/c1-15-38-25(30(35,36)37)14-40(15)22-9-7-18(17-5-4-6-20(11-17)46(3,41)42)12-21(22)26-27(43-16(2)39-26)19-8-10-23(44-28(31)32)24(13-19)45-29(33)34/h4-14,28-29H,1-3H3. The fraction of sp³-hybridized carbons (Fsp3) is 0.200. The van der Waals surface area contributed by atoms with Gasteiger partial charge in [-0.3, -0.25) is 0 Å². The number of hydrogen-bond donors (Lipinski definition) is 0. The molecule has 0 amide bonds. The quantitative estimate of drug-likeness (QED) is 0.146. The van der Waals surface area contributed by atoms with Crippen LogP contribution >= 0.6 is 0 Å². The van der Waals surface area contributed by atoms with Crippen molar-refractivity contribution in [2.75, 3.05) is 6.26 Å². The summed E-state index contributed by atoms with van der Waals surface area (Å²) in [5, 5.41) is 0. The Balaban J connectivity index is 1.76. The molecule has 0 aliphatic carbocycles. The summed E-state index contributed by atoms with van der Waals surface area (Å²) in [7, 11) is -3.60. The van der Waals surface area contributed by atoms with Gasteiger partial charge in [-0.2, -0.15) is 30.7 Å². The van der Waals surface area contributed by atoms with Crippen molar-refractivity contribution < 1.29 is 53.0 Å². The van der Waals surface area contributed by atoms with E-state index in [1.54, 1.807) is 12.1 Å². The molecule has 0 bridgehead atoms. The second-order valence-corrected chi connectivity index (χ2v) is 11.9. The summed E-state index contributed by atoms with van der Waals surface area (Å²) in [5.74, 6) is -1.47. The van der Waals surface area contributed by atoms with Gasteiger partial charge in [-0.05, 0) is 60.5 Å². The molecule has 46 heavy (non-hydrogen) atoms. The van der Waals surface area contributed by atoms with E-state index < -0.39 is 46.4 Å². The van der Waals surface area contributed by atoms with Crippen LogP contribution in [0, 0.1) is 13.8 Å². The Morgan fingerprint density at radius 3 is 2.11 bits per heavy atom. The third kappa shape index (κ3) is 6.85. The van der Waals surface area contributed by atoms with E-state index in [2.05, 4.69) is 19.4 Å². The number of alkyl halides is 7. The number of aromatic nitrogens is 3. The highest BCUT2D eigenvalue weighted by Crippen LogP contribution is 2.42. The zero-order chi connectivity index (χ0) is 33.6. The topological polar surface area (TPSA) is 96.5 Å². The molecule has 0 spiro atoms. The molecular formula is C30H22F7N3O5S. The largest absolute Gasteiger partial charge is 0.440 e. The molecule has 0 saturated carbocycles. The zero-order valence-corrected chi connectivity index (χ0v) is 24.8. The fourth-order valence-electron chi connectivity index (χ4n) is 4.71. The van der Waals surface area contributed by atoms with Gasteiger partial charge in [-0.25, -0.2) is 18.4 Å². The lowest BCUT2D eigenvalue weighted by molar-refractivity contribution is -0.141. The van der Waals surface area contributed by atoms with Gasteiger partial charge in [0.1, 0.15) is 11.5 Å². The van der Waals surface area contributed by atoms with Gasteiger partial charge in [-0.1, -0.05) is 18.2 Å². The summed E-state index contributed by atoms with van der Waals surface area (Å²) in [6.07, 6.45) is -2.94. The summed E-state index contributed by atoms with van der Waals surface area (Å²) >= 11 is 0. The molecule has 0 fully saturated rings. The minimum absolute atomic E-state index is 0.0199. The van der Waals surface area contributed by atoms with E-state index >= 15 is 0 Å². The maximum atomic E-state index is 13.6. The minimum atomic E-state index is -4.76. The lowest BCUT2D eigenvalue weighted by atomic mass is 9.98. The number of hydrogen-bond acceptors (Lipinski definition) is 7. The van der Waals surface area contributed by atoms with Crippen LogP contribution in [0.5, 0.6) is 11.5 Å². The van der Waals surface area contributed by atoms with E-state index in [-0.39, 0.29) is 44.9 Å². The summed E-state index contributed by atoms with van der Waals surface area (Å²) in [4.78, 5) is 8.08. The molecular weight excluding hydrogens is 647 g/mol. The molecule has 0 aliphatic rings. The molecule has 2 aromatic heterocycles. The van der Waals surface area contributed by atoms with Gasteiger partial charge < -0.3 is 18.5 Å². The van der Waals surface area contributed by atoms with E-state index in [4.69, 9.17) is 4.42 Å². The summed E-state index contributed by atoms with van der Waals surface area (Å²) in [6, 6.07) is 13.7. The van der Waals surface area contributed by atoms with Crippen LogP contribution in [-0.2, 0) is 16.0 Å². The van der Waals surface area contributed by atoms with Crippen molar-refractivity contribution >= 4 is 9.84 Å². The van der Waals surface area contributed by atoms with E-state index in [0.717, 1.165) is 24.6 Å². The summed E-state index contributed by atoms with van der Waals surface area (Å²) in [6.45, 7) is -3.93. The molecule has 8 nitrogen and oxygen atoms in total. The van der Waals surface area contributed by atoms with E-state index in [0.29, 0.717) is 11.1 Å². The van der Waals surface area contributed by atoms with Crippen LogP contribution in [0.3, 0.4) is 0 Å². The lowest BCUT2D eigenvalue weighted by Crippen LogP contribution is -2.07. The van der Waals surface area contributed by atoms with Crippen LogP contribution < -0.4 is 9.47 Å².